The summed E-state index contributed by atoms with van der Waals surface area (Å²) in [5.74, 6) is 0.868. The van der Waals surface area contributed by atoms with Gasteiger partial charge in [-0.15, -0.1) is 0 Å². The molecule has 160 valence electrons. The first kappa shape index (κ1) is 19.6. The van der Waals surface area contributed by atoms with E-state index in [4.69, 9.17) is 20.8 Å². The van der Waals surface area contributed by atoms with Crippen LogP contribution in [0.1, 0.15) is 34.4 Å². The number of carbonyl (C=O) groups excluding carboxylic acids is 1. The maximum Gasteiger partial charge on any atom is 0.275 e. The minimum atomic E-state index is -0.161. The van der Waals surface area contributed by atoms with E-state index in [2.05, 4.69) is 26.0 Å². The fraction of sp³-hybridized carbons (Fsp3) is 0.333. The molecule has 2 aliphatic heterocycles. The van der Waals surface area contributed by atoms with Crippen LogP contribution in [0.3, 0.4) is 0 Å². The molecule has 4 heterocycles. The Morgan fingerprint density at radius 3 is 3.13 bits per heavy atom. The van der Waals surface area contributed by atoms with Crippen molar-refractivity contribution in [2.75, 3.05) is 31.6 Å². The van der Waals surface area contributed by atoms with Gasteiger partial charge in [0.1, 0.15) is 24.7 Å². The van der Waals surface area contributed by atoms with Gasteiger partial charge in [-0.05, 0) is 18.6 Å². The lowest BCUT2D eigenvalue weighted by Crippen LogP contribution is -2.29. The number of anilines is 1. The third-order valence-electron chi connectivity index (χ3n) is 5.56. The minimum absolute atomic E-state index is 0.112. The number of carbonyl (C=O) groups is 1. The Balaban J connectivity index is 1.25. The number of benzene rings is 1. The minimum Gasteiger partial charge on any atom is -0.482 e. The van der Waals surface area contributed by atoms with E-state index >= 15 is 0 Å². The molecule has 0 N–H and O–H groups in total. The van der Waals surface area contributed by atoms with Crippen LogP contribution in [-0.2, 0) is 6.61 Å². The van der Waals surface area contributed by atoms with Crippen LogP contribution >= 0.6 is 11.6 Å². The van der Waals surface area contributed by atoms with Gasteiger partial charge in [0.15, 0.2) is 12.3 Å². The van der Waals surface area contributed by atoms with Gasteiger partial charge in [-0.25, -0.2) is 14.6 Å². The van der Waals surface area contributed by atoms with Crippen LogP contribution in [0.2, 0.25) is 5.02 Å². The molecule has 1 unspecified atom stereocenters. The normalized spacial score (nSPS) is 17.8. The highest BCUT2D eigenvalue weighted by Crippen LogP contribution is 2.39. The number of oxazole rings is 1. The van der Waals surface area contributed by atoms with Gasteiger partial charge in [0, 0.05) is 32.2 Å². The van der Waals surface area contributed by atoms with E-state index in [1.54, 1.807) is 15.9 Å². The van der Waals surface area contributed by atoms with Crippen LogP contribution in [0.4, 0.5) is 5.69 Å². The highest BCUT2D eigenvalue weighted by Gasteiger charge is 2.30. The number of likely N-dealkylation sites (N-methyl/N-ethyl adjacent to an activating group) is 1. The first-order valence-corrected chi connectivity index (χ1v) is 10.4. The fourth-order valence-electron chi connectivity index (χ4n) is 3.98. The second-order valence-corrected chi connectivity index (χ2v) is 7.98. The monoisotopic (exact) mass is 440 g/mol. The first-order chi connectivity index (χ1) is 15.1. The van der Waals surface area contributed by atoms with Gasteiger partial charge in [-0.1, -0.05) is 23.8 Å². The molecule has 2 aliphatic rings. The summed E-state index contributed by atoms with van der Waals surface area (Å²) in [7, 11) is 1.98. The van der Waals surface area contributed by atoms with Gasteiger partial charge in [0.2, 0.25) is 5.89 Å². The van der Waals surface area contributed by atoms with E-state index in [0.717, 1.165) is 24.2 Å². The molecule has 1 amide bonds. The molecule has 3 aromatic rings. The van der Waals surface area contributed by atoms with E-state index < -0.39 is 0 Å². The number of hydrogen-bond acceptors (Lipinski definition) is 7. The third-order valence-corrected chi connectivity index (χ3v) is 5.89. The van der Waals surface area contributed by atoms with E-state index in [1.807, 2.05) is 25.3 Å². The van der Waals surface area contributed by atoms with Crippen LogP contribution < -0.4 is 9.64 Å². The molecular formula is C21H21ClN6O3. The summed E-state index contributed by atoms with van der Waals surface area (Å²) >= 11 is 6.32. The van der Waals surface area contributed by atoms with Crippen LogP contribution in [-0.4, -0.2) is 57.2 Å². The summed E-state index contributed by atoms with van der Waals surface area (Å²) in [6.07, 6.45) is 9.43. The molecule has 0 bridgehead atoms. The van der Waals surface area contributed by atoms with Gasteiger partial charge in [-0.2, -0.15) is 5.10 Å². The lowest BCUT2D eigenvalue weighted by molar-refractivity contribution is 0.0781. The summed E-state index contributed by atoms with van der Waals surface area (Å²) in [5, 5.41) is 4.83. The third kappa shape index (κ3) is 3.76. The lowest BCUT2D eigenvalue weighted by atomic mass is 10.1. The molecule has 1 atom stereocenters. The topological polar surface area (TPSA) is 89.5 Å². The average Bonchev–Trinajstić information content (AvgIpc) is 3.54. The number of halogens is 1. The molecule has 0 aliphatic carbocycles. The fourth-order valence-corrected chi connectivity index (χ4v) is 4.19. The summed E-state index contributed by atoms with van der Waals surface area (Å²) in [6, 6.07) is 3.77. The maximum atomic E-state index is 12.8. The zero-order valence-electron chi connectivity index (χ0n) is 16.9. The first-order valence-electron chi connectivity index (χ1n) is 10.0. The Bertz CT molecular complexity index is 1130. The van der Waals surface area contributed by atoms with Crippen LogP contribution in [0.5, 0.6) is 5.75 Å². The number of rotatable bonds is 5. The number of nitrogens with zero attached hydrogens (tertiary/aromatic N) is 6. The number of fused-ring (bicyclic) bond motifs is 1. The van der Waals surface area contributed by atoms with Gasteiger partial charge in [0.25, 0.3) is 5.91 Å². The summed E-state index contributed by atoms with van der Waals surface area (Å²) < 4.78 is 13.2. The number of ether oxygens (including phenoxy) is 1. The molecule has 31 heavy (non-hydrogen) atoms. The van der Waals surface area contributed by atoms with Crippen molar-refractivity contribution in [1.29, 1.82) is 0 Å². The average molecular weight is 441 g/mol. The number of likely N-dealkylation sites (tertiary alicyclic amines) is 1. The molecule has 9 nitrogen and oxygen atoms in total. The van der Waals surface area contributed by atoms with Crippen LogP contribution in [0, 0.1) is 0 Å². The van der Waals surface area contributed by atoms with E-state index in [9.17, 15) is 4.79 Å². The summed E-state index contributed by atoms with van der Waals surface area (Å²) in [5.41, 5.74) is 2.12. The molecule has 0 radical (unpaired) electrons. The SMILES string of the molecule is CN1CC=Cc2c(Cl)ccc(OCc3nc(C(=O)N4CCC(n5cncn5)C4)co3)c21. The quantitative estimate of drug-likeness (QED) is 0.602. The summed E-state index contributed by atoms with van der Waals surface area (Å²) in [6.45, 7) is 2.09. The zero-order chi connectivity index (χ0) is 21.4. The van der Waals surface area contributed by atoms with Crippen molar-refractivity contribution in [2.24, 2.45) is 0 Å². The van der Waals surface area contributed by atoms with Gasteiger partial charge >= 0.3 is 0 Å². The molecule has 1 fully saturated rings. The van der Waals surface area contributed by atoms with Gasteiger partial charge in [-0.3, -0.25) is 4.79 Å². The molecule has 1 aromatic carbocycles. The molecular weight excluding hydrogens is 420 g/mol. The van der Waals surface area contributed by atoms with Crippen LogP contribution in [0.15, 0.2) is 41.5 Å². The standard InChI is InChI=1S/C21H21ClN6O3/c1-26-7-2-3-15-16(22)4-5-18(20(15)26)30-11-19-25-17(10-31-19)21(29)27-8-6-14(9-27)28-13-23-12-24-28/h2-5,10,12-14H,6-9,11H2,1H3. The number of amides is 1. The van der Waals surface area contributed by atoms with Gasteiger partial charge < -0.3 is 19.0 Å². The highest BCUT2D eigenvalue weighted by atomic mass is 35.5. The molecule has 2 aromatic heterocycles. The van der Waals surface area contributed by atoms with Gasteiger partial charge in [0.05, 0.1) is 16.8 Å². The predicted molar refractivity (Wildman–Crippen MR) is 114 cm³/mol. The summed E-state index contributed by atoms with van der Waals surface area (Å²) in [4.78, 5) is 24.9. The van der Waals surface area contributed by atoms with Crippen molar-refractivity contribution in [3.63, 3.8) is 0 Å². The largest absolute Gasteiger partial charge is 0.482 e. The Morgan fingerprint density at radius 1 is 1.39 bits per heavy atom. The van der Waals surface area contributed by atoms with Crippen molar-refractivity contribution in [3.05, 3.63) is 59.3 Å². The Hall–Kier alpha value is -3.33. The van der Waals surface area contributed by atoms with Crippen molar-refractivity contribution in [2.45, 2.75) is 19.1 Å². The molecule has 10 heteroatoms. The molecule has 0 spiro atoms. The molecule has 0 saturated carbocycles. The van der Waals surface area contributed by atoms with Crippen molar-refractivity contribution < 1.29 is 13.9 Å². The lowest BCUT2D eigenvalue weighted by Gasteiger charge is -2.26. The van der Waals surface area contributed by atoms with Crippen LogP contribution in [0.25, 0.3) is 6.08 Å². The van der Waals surface area contributed by atoms with Crippen molar-refractivity contribution in [3.8, 4) is 5.75 Å². The van der Waals surface area contributed by atoms with E-state index in [0.29, 0.717) is 29.8 Å². The zero-order valence-corrected chi connectivity index (χ0v) is 17.7. The number of hydrogen-bond donors (Lipinski definition) is 0. The Labute approximate surface area is 183 Å². The maximum absolute atomic E-state index is 12.8. The van der Waals surface area contributed by atoms with E-state index in [1.165, 1.54) is 12.6 Å². The Kier molecular flexibility index (Phi) is 5.11. The smallest absolute Gasteiger partial charge is 0.275 e. The highest BCUT2D eigenvalue weighted by molar-refractivity contribution is 6.32. The molecule has 5 rings (SSSR count). The van der Waals surface area contributed by atoms with Crippen molar-refractivity contribution >= 4 is 29.3 Å². The second kappa shape index (κ2) is 8.07. The Morgan fingerprint density at radius 2 is 2.29 bits per heavy atom. The van der Waals surface area contributed by atoms with E-state index in [-0.39, 0.29) is 24.2 Å². The van der Waals surface area contributed by atoms with Crippen molar-refractivity contribution in [1.82, 2.24) is 24.6 Å². The molecule has 1 saturated heterocycles. The number of aromatic nitrogens is 4. The second-order valence-electron chi connectivity index (χ2n) is 7.58. The predicted octanol–water partition coefficient (Wildman–Crippen LogP) is 3.05.